The number of amidine groups is 1. The SMILES string of the molecule is Oc1ccc(C2=NN3C4=CSC5(CCCCC5)N4N=C3S2)cc1. The van der Waals surface area contributed by atoms with Crippen LogP contribution in [0.1, 0.15) is 37.7 Å². The maximum atomic E-state index is 9.43. The zero-order valence-corrected chi connectivity index (χ0v) is 14.1. The zero-order chi connectivity index (χ0) is 15.4. The van der Waals surface area contributed by atoms with Crippen LogP contribution in [0, 0.1) is 0 Å². The van der Waals surface area contributed by atoms with Crippen molar-refractivity contribution in [3.63, 3.8) is 0 Å². The third-order valence-electron chi connectivity index (χ3n) is 4.70. The van der Waals surface area contributed by atoms with Gasteiger partial charge in [-0.1, -0.05) is 31.0 Å². The van der Waals surface area contributed by atoms with Crippen LogP contribution in [0.5, 0.6) is 5.75 Å². The normalized spacial score (nSPS) is 24.4. The number of benzene rings is 1. The molecule has 1 saturated carbocycles. The lowest BCUT2D eigenvalue weighted by Gasteiger charge is -2.37. The molecular weight excluding hydrogens is 328 g/mol. The number of aromatic hydroxyl groups is 1. The molecule has 7 heteroatoms. The largest absolute Gasteiger partial charge is 0.508 e. The van der Waals surface area contributed by atoms with Crippen molar-refractivity contribution in [3.05, 3.63) is 41.1 Å². The number of fused-ring (bicyclic) bond motifs is 4. The first-order chi connectivity index (χ1) is 11.3. The number of phenolic OH excluding ortho intramolecular Hbond substituents is 1. The Morgan fingerprint density at radius 2 is 1.83 bits per heavy atom. The van der Waals surface area contributed by atoms with E-state index in [4.69, 9.17) is 10.2 Å². The van der Waals surface area contributed by atoms with Crippen molar-refractivity contribution in [1.82, 2.24) is 10.0 Å². The maximum absolute atomic E-state index is 9.43. The number of rotatable bonds is 1. The quantitative estimate of drug-likeness (QED) is 0.837. The first-order valence-corrected chi connectivity index (χ1v) is 9.58. The third-order valence-corrected chi connectivity index (χ3v) is 6.99. The number of phenols is 1. The Morgan fingerprint density at radius 1 is 1.04 bits per heavy atom. The van der Waals surface area contributed by atoms with Crippen molar-refractivity contribution in [3.8, 4) is 5.75 Å². The van der Waals surface area contributed by atoms with Gasteiger partial charge in [-0.3, -0.25) is 0 Å². The lowest BCUT2D eigenvalue weighted by Crippen LogP contribution is -2.40. The predicted octanol–water partition coefficient (Wildman–Crippen LogP) is 3.90. The molecule has 1 N–H and O–H groups in total. The Morgan fingerprint density at radius 3 is 2.61 bits per heavy atom. The van der Waals surface area contributed by atoms with Crippen LogP contribution in [0.4, 0.5) is 0 Å². The van der Waals surface area contributed by atoms with E-state index in [1.807, 2.05) is 28.9 Å². The highest BCUT2D eigenvalue weighted by Crippen LogP contribution is 2.54. The molecule has 5 nitrogen and oxygen atoms in total. The Bertz CT molecular complexity index is 750. The number of hydrazone groups is 2. The summed E-state index contributed by atoms with van der Waals surface area (Å²) in [5, 5.41) is 27.3. The van der Waals surface area contributed by atoms with Crippen molar-refractivity contribution >= 4 is 33.7 Å². The van der Waals surface area contributed by atoms with Crippen LogP contribution in [0.25, 0.3) is 0 Å². The molecule has 0 radical (unpaired) electrons. The monoisotopic (exact) mass is 344 g/mol. The summed E-state index contributed by atoms with van der Waals surface area (Å²) in [6.07, 6.45) is 6.29. The predicted molar refractivity (Wildman–Crippen MR) is 94.8 cm³/mol. The van der Waals surface area contributed by atoms with Gasteiger partial charge < -0.3 is 5.11 Å². The van der Waals surface area contributed by atoms with Crippen LogP contribution >= 0.6 is 23.5 Å². The van der Waals surface area contributed by atoms with E-state index >= 15 is 0 Å². The minimum absolute atomic E-state index is 0.125. The van der Waals surface area contributed by atoms with Gasteiger partial charge in [-0.05, 0) is 48.9 Å². The van der Waals surface area contributed by atoms with Gasteiger partial charge in [-0.15, -0.1) is 5.10 Å². The fraction of sp³-hybridized carbons (Fsp3) is 0.375. The summed E-state index contributed by atoms with van der Waals surface area (Å²) in [5.74, 6) is 1.36. The lowest BCUT2D eigenvalue weighted by atomic mass is 9.94. The van der Waals surface area contributed by atoms with E-state index in [9.17, 15) is 5.11 Å². The molecule has 23 heavy (non-hydrogen) atoms. The molecular formula is C16H16N4OS2. The van der Waals surface area contributed by atoms with Gasteiger partial charge in [0.2, 0.25) is 5.17 Å². The summed E-state index contributed by atoms with van der Waals surface area (Å²) in [5.41, 5.74) is 1.01. The number of thioether (sulfide) groups is 2. The molecule has 3 aliphatic heterocycles. The van der Waals surface area contributed by atoms with E-state index in [1.165, 1.54) is 32.1 Å². The molecule has 4 aliphatic rings. The molecule has 0 aromatic heterocycles. The summed E-state index contributed by atoms with van der Waals surface area (Å²) in [6, 6.07) is 7.17. The van der Waals surface area contributed by atoms with Crippen molar-refractivity contribution in [1.29, 1.82) is 0 Å². The maximum Gasteiger partial charge on any atom is 0.216 e. The fourth-order valence-electron chi connectivity index (χ4n) is 3.49. The summed E-state index contributed by atoms with van der Waals surface area (Å²) >= 11 is 3.51. The van der Waals surface area contributed by atoms with Gasteiger partial charge >= 0.3 is 0 Å². The van der Waals surface area contributed by atoms with Gasteiger partial charge in [0.25, 0.3) is 0 Å². The van der Waals surface area contributed by atoms with E-state index in [0.29, 0.717) is 0 Å². The summed E-state index contributed by atoms with van der Waals surface area (Å²) < 4.78 is 0. The van der Waals surface area contributed by atoms with Crippen LogP contribution in [-0.4, -0.2) is 30.2 Å². The van der Waals surface area contributed by atoms with Gasteiger partial charge in [-0.25, -0.2) is 5.01 Å². The molecule has 1 aliphatic carbocycles. The Labute approximate surface area is 143 Å². The molecule has 1 fully saturated rings. The Hall–Kier alpha value is -1.60. The van der Waals surface area contributed by atoms with Gasteiger partial charge in [0.1, 0.15) is 15.7 Å². The van der Waals surface area contributed by atoms with Crippen molar-refractivity contribution in [2.45, 2.75) is 37.0 Å². The average Bonchev–Trinajstić information content (AvgIpc) is 3.21. The Kier molecular flexibility index (Phi) is 2.97. The molecule has 1 spiro atoms. The second-order valence-corrected chi connectivity index (χ2v) is 8.35. The van der Waals surface area contributed by atoms with Crippen molar-refractivity contribution in [2.24, 2.45) is 10.2 Å². The second-order valence-electron chi connectivity index (χ2n) is 6.16. The molecule has 1 aromatic rings. The average molecular weight is 344 g/mol. The lowest BCUT2D eigenvalue weighted by molar-refractivity contribution is 0.170. The minimum Gasteiger partial charge on any atom is -0.508 e. The summed E-state index contributed by atoms with van der Waals surface area (Å²) in [6.45, 7) is 0. The second kappa shape index (κ2) is 4.95. The van der Waals surface area contributed by atoms with Crippen LogP contribution in [0.2, 0.25) is 0 Å². The van der Waals surface area contributed by atoms with E-state index in [2.05, 4.69) is 10.4 Å². The summed E-state index contributed by atoms with van der Waals surface area (Å²) in [4.78, 5) is 0.125. The fourth-order valence-corrected chi connectivity index (χ4v) is 5.66. The molecule has 3 heterocycles. The number of hydrogen-bond acceptors (Lipinski definition) is 7. The van der Waals surface area contributed by atoms with Gasteiger partial charge in [0.05, 0.1) is 0 Å². The highest BCUT2D eigenvalue weighted by Gasteiger charge is 2.50. The zero-order valence-electron chi connectivity index (χ0n) is 12.5. The van der Waals surface area contributed by atoms with Crippen LogP contribution < -0.4 is 0 Å². The molecule has 0 saturated heterocycles. The highest BCUT2D eigenvalue weighted by atomic mass is 32.2. The third kappa shape index (κ3) is 2.03. The molecule has 118 valence electrons. The molecule has 0 bridgehead atoms. The first kappa shape index (κ1) is 13.8. The standard InChI is InChI=1S/C16H16N4OS2/c21-12-6-4-11(5-7-12)14-17-19-13-10-22-16(8-2-1-3-9-16)20(13)18-15(19)23-14/h4-7,10,21H,1-3,8-9H2. The van der Waals surface area contributed by atoms with Crippen molar-refractivity contribution in [2.75, 3.05) is 0 Å². The molecule has 0 atom stereocenters. The van der Waals surface area contributed by atoms with Gasteiger partial charge in [-0.2, -0.15) is 10.1 Å². The smallest absolute Gasteiger partial charge is 0.216 e. The van der Waals surface area contributed by atoms with Crippen LogP contribution in [-0.2, 0) is 0 Å². The number of nitrogens with zero attached hydrogens (tertiary/aromatic N) is 4. The summed E-state index contributed by atoms with van der Waals surface area (Å²) in [7, 11) is 0. The van der Waals surface area contributed by atoms with Gasteiger partial charge in [0.15, 0.2) is 5.82 Å². The van der Waals surface area contributed by atoms with Crippen LogP contribution in [0.15, 0.2) is 45.7 Å². The Balaban J connectivity index is 1.44. The van der Waals surface area contributed by atoms with E-state index < -0.39 is 0 Å². The van der Waals surface area contributed by atoms with Crippen molar-refractivity contribution < 1.29 is 5.11 Å². The van der Waals surface area contributed by atoms with Crippen LogP contribution in [0.3, 0.4) is 0 Å². The number of hydrogen-bond donors (Lipinski definition) is 1. The minimum atomic E-state index is 0.125. The topological polar surface area (TPSA) is 51.4 Å². The van der Waals surface area contributed by atoms with E-state index in [1.54, 1.807) is 23.9 Å². The highest BCUT2D eigenvalue weighted by molar-refractivity contribution is 8.27. The molecule has 1 aromatic carbocycles. The molecule has 0 unspecified atom stereocenters. The first-order valence-electron chi connectivity index (χ1n) is 7.88. The molecule has 5 rings (SSSR count). The van der Waals surface area contributed by atoms with E-state index in [-0.39, 0.29) is 10.6 Å². The van der Waals surface area contributed by atoms with Gasteiger partial charge in [0, 0.05) is 11.0 Å². The van der Waals surface area contributed by atoms with E-state index in [0.717, 1.165) is 21.6 Å². The molecule has 0 amide bonds.